The third-order valence-corrected chi connectivity index (χ3v) is 2.78. The Morgan fingerprint density at radius 1 is 1.36 bits per heavy atom. The molecule has 0 bridgehead atoms. The molecule has 0 aliphatic heterocycles. The van der Waals surface area contributed by atoms with Gasteiger partial charge in [0.15, 0.2) is 0 Å². The number of hydrogen-bond donors (Lipinski definition) is 2. The Kier molecular flexibility index (Phi) is 5.26. The molecule has 22 heavy (non-hydrogen) atoms. The predicted octanol–water partition coefficient (Wildman–Crippen LogP) is 1.80. The van der Waals surface area contributed by atoms with Crippen LogP contribution in [0.3, 0.4) is 0 Å². The summed E-state index contributed by atoms with van der Waals surface area (Å²) in [5, 5.41) is 14.4. The van der Waals surface area contributed by atoms with Crippen molar-refractivity contribution in [3.63, 3.8) is 0 Å². The van der Waals surface area contributed by atoms with Crippen LogP contribution < -0.4 is 15.4 Å². The summed E-state index contributed by atoms with van der Waals surface area (Å²) in [7, 11) is 1.54. The summed E-state index contributed by atoms with van der Waals surface area (Å²) in [6, 6.07) is 7.05. The van der Waals surface area contributed by atoms with Gasteiger partial charge in [-0.3, -0.25) is 9.78 Å². The van der Waals surface area contributed by atoms with E-state index in [1.54, 1.807) is 30.6 Å². The van der Waals surface area contributed by atoms with Crippen LogP contribution in [0, 0.1) is 11.3 Å². The van der Waals surface area contributed by atoms with E-state index in [0.717, 1.165) is 0 Å². The highest BCUT2D eigenvalue weighted by Gasteiger charge is 2.04. The maximum atomic E-state index is 11.8. The minimum absolute atomic E-state index is 0.142. The predicted molar refractivity (Wildman–Crippen MR) is 81.5 cm³/mol. The third kappa shape index (κ3) is 4.45. The molecule has 2 heterocycles. The number of methoxy groups -OCH3 is 1. The molecule has 0 saturated carbocycles. The Morgan fingerprint density at radius 2 is 2.23 bits per heavy atom. The van der Waals surface area contributed by atoms with E-state index in [2.05, 4.69) is 20.6 Å². The lowest BCUT2D eigenvalue weighted by Gasteiger charge is -2.07. The molecule has 0 aliphatic carbocycles. The first kappa shape index (κ1) is 15.3. The molecule has 0 saturated heterocycles. The number of carbonyl (C=O) groups excluding carboxylic acids is 1. The SMILES string of the molecule is COc1cncc(NC(=O)CCNc2ccc(C#N)cn2)c1. The number of nitriles is 1. The highest BCUT2D eigenvalue weighted by molar-refractivity contribution is 5.90. The van der Waals surface area contributed by atoms with Crippen LogP contribution in [-0.2, 0) is 4.79 Å². The van der Waals surface area contributed by atoms with Gasteiger partial charge in [-0.25, -0.2) is 4.98 Å². The smallest absolute Gasteiger partial charge is 0.226 e. The number of carbonyl (C=O) groups is 1. The first-order chi connectivity index (χ1) is 10.7. The number of ether oxygens (including phenoxy) is 1. The topological polar surface area (TPSA) is 99.9 Å². The number of aromatic nitrogens is 2. The molecule has 0 spiro atoms. The van der Waals surface area contributed by atoms with E-state index in [1.165, 1.54) is 13.3 Å². The molecular weight excluding hydrogens is 282 g/mol. The molecule has 2 aromatic rings. The molecule has 112 valence electrons. The number of hydrogen-bond acceptors (Lipinski definition) is 6. The molecular formula is C15H15N5O2. The second kappa shape index (κ2) is 7.59. The van der Waals surface area contributed by atoms with E-state index < -0.39 is 0 Å². The number of nitrogens with zero attached hydrogens (tertiary/aromatic N) is 3. The summed E-state index contributed by atoms with van der Waals surface area (Å²) in [6.45, 7) is 0.433. The number of rotatable bonds is 6. The van der Waals surface area contributed by atoms with Gasteiger partial charge in [0.2, 0.25) is 5.91 Å². The summed E-state index contributed by atoms with van der Waals surface area (Å²) < 4.78 is 5.04. The molecule has 0 unspecified atom stereocenters. The quantitative estimate of drug-likeness (QED) is 0.843. The summed E-state index contributed by atoms with van der Waals surface area (Å²) >= 11 is 0. The van der Waals surface area contributed by atoms with Crippen molar-refractivity contribution < 1.29 is 9.53 Å². The molecule has 0 aliphatic rings. The Bertz CT molecular complexity index is 679. The minimum Gasteiger partial charge on any atom is -0.495 e. The molecule has 0 fully saturated rings. The number of pyridine rings is 2. The number of anilines is 2. The van der Waals surface area contributed by atoms with Crippen molar-refractivity contribution in [1.29, 1.82) is 5.26 Å². The molecule has 2 N–H and O–H groups in total. The van der Waals surface area contributed by atoms with Crippen molar-refractivity contribution in [3.8, 4) is 11.8 Å². The second-order valence-corrected chi connectivity index (χ2v) is 4.38. The van der Waals surface area contributed by atoms with Gasteiger partial charge in [-0.1, -0.05) is 0 Å². The van der Waals surface area contributed by atoms with E-state index in [0.29, 0.717) is 29.4 Å². The molecule has 2 rings (SSSR count). The van der Waals surface area contributed by atoms with Crippen LogP contribution in [-0.4, -0.2) is 29.5 Å². The normalized spacial score (nSPS) is 9.64. The molecule has 2 aromatic heterocycles. The zero-order valence-electron chi connectivity index (χ0n) is 12.0. The molecule has 0 aromatic carbocycles. The lowest BCUT2D eigenvalue weighted by atomic mass is 10.3. The fourth-order valence-corrected chi connectivity index (χ4v) is 1.69. The maximum absolute atomic E-state index is 11.8. The minimum atomic E-state index is -0.142. The third-order valence-electron chi connectivity index (χ3n) is 2.78. The molecule has 0 radical (unpaired) electrons. The van der Waals surface area contributed by atoms with Gasteiger partial charge in [0.05, 0.1) is 30.8 Å². The van der Waals surface area contributed by atoms with Crippen LogP contribution >= 0.6 is 0 Å². The highest BCUT2D eigenvalue weighted by atomic mass is 16.5. The average Bonchev–Trinajstić information content (AvgIpc) is 2.55. The zero-order chi connectivity index (χ0) is 15.8. The van der Waals surface area contributed by atoms with Crippen molar-refractivity contribution in [2.75, 3.05) is 24.3 Å². The highest BCUT2D eigenvalue weighted by Crippen LogP contribution is 2.14. The first-order valence-corrected chi connectivity index (χ1v) is 6.60. The monoisotopic (exact) mass is 297 g/mol. The first-order valence-electron chi connectivity index (χ1n) is 6.60. The summed E-state index contributed by atoms with van der Waals surface area (Å²) in [6.07, 6.45) is 4.87. The molecule has 0 atom stereocenters. The van der Waals surface area contributed by atoms with Gasteiger partial charge in [-0.15, -0.1) is 0 Å². The lowest BCUT2D eigenvalue weighted by molar-refractivity contribution is -0.115. The Hall–Kier alpha value is -3.14. The van der Waals surface area contributed by atoms with E-state index in [1.807, 2.05) is 6.07 Å². The maximum Gasteiger partial charge on any atom is 0.226 e. The van der Waals surface area contributed by atoms with Crippen molar-refractivity contribution in [1.82, 2.24) is 9.97 Å². The zero-order valence-corrected chi connectivity index (χ0v) is 12.0. The van der Waals surface area contributed by atoms with Crippen LogP contribution in [0.2, 0.25) is 0 Å². The van der Waals surface area contributed by atoms with Gasteiger partial charge in [0.25, 0.3) is 0 Å². The Balaban J connectivity index is 1.78. The second-order valence-electron chi connectivity index (χ2n) is 4.38. The fraction of sp³-hybridized carbons (Fsp3) is 0.200. The number of amides is 1. The van der Waals surface area contributed by atoms with Gasteiger partial charge in [0, 0.05) is 25.2 Å². The van der Waals surface area contributed by atoms with Crippen molar-refractivity contribution >= 4 is 17.4 Å². The van der Waals surface area contributed by atoms with Crippen molar-refractivity contribution in [3.05, 3.63) is 42.4 Å². The molecule has 7 nitrogen and oxygen atoms in total. The van der Waals surface area contributed by atoms with Crippen LogP contribution in [0.1, 0.15) is 12.0 Å². The van der Waals surface area contributed by atoms with Crippen LogP contribution in [0.25, 0.3) is 0 Å². The molecule has 1 amide bonds. The summed E-state index contributed by atoms with van der Waals surface area (Å²) in [5.41, 5.74) is 1.08. The van der Waals surface area contributed by atoms with Crippen molar-refractivity contribution in [2.24, 2.45) is 0 Å². The van der Waals surface area contributed by atoms with E-state index in [9.17, 15) is 4.79 Å². The van der Waals surface area contributed by atoms with E-state index in [-0.39, 0.29) is 12.3 Å². The van der Waals surface area contributed by atoms with E-state index in [4.69, 9.17) is 10.00 Å². The van der Waals surface area contributed by atoms with Gasteiger partial charge in [0.1, 0.15) is 17.6 Å². The van der Waals surface area contributed by atoms with Gasteiger partial charge >= 0.3 is 0 Å². The Morgan fingerprint density at radius 3 is 2.91 bits per heavy atom. The van der Waals surface area contributed by atoms with Crippen LogP contribution in [0.15, 0.2) is 36.8 Å². The van der Waals surface area contributed by atoms with Gasteiger partial charge in [-0.05, 0) is 12.1 Å². The van der Waals surface area contributed by atoms with Crippen LogP contribution in [0.4, 0.5) is 11.5 Å². The van der Waals surface area contributed by atoms with Gasteiger partial charge < -0.3 is 15.4 Å². The van der Waals surface area contributed by atoms with Crippen molar-refractivity contribution in [2.45, 2.75) is 6.42 Å². The van der Waals surface area contributed by atoms with Crippen LogP contribution in [0.5, 0.6) is 5.75 Å². The summed E-state index contributed by atoms with van der Waals surface area (Å²) in [5.74, 6) is 1.06. The standard InChI is InChI=1S/C15H15N5O2/c1-22-13-6-12(9-17-10-13)20-15(21)4-5-18-14-3-2-11(7-16)8-19-14/h2-3,6,8-10H,4-5H2,1H3,(H,18,19)(H,20,21). The fourth-order valence-electron chi connectivity index (χ4n) is 1.69. The van der Waals surface area contributed by atoms with Gasteiger partial charge in [-0.2, -0.15) is 5.26 Å². The Labute approximate surface area is 128 Å². The van der Waals surface area contributed by atoms with E-state index >= 15 is 0 Å². The number of nitrogens with one attached hydrogen (secondary N) is 2. The lowest BCUT2D eigenvalue weighted by Crippen LogP contribution is -2.16. The molecule has 7 heteroatoms. The average molecular weight is 297 g/mol. The largest absolute Gasteiger partial charge is 0.495 e. The summed E-state index contributed by atoms with van der Waals surface area (Å²) in [4.78, 5) is 19.8.